The number of likely N-dealkylation sites (N-methyl/N-ethyl adjacent to an activating group) is 1. The normalized spacial score (nSPS) is 20.7. The molecule has 0 saturated carbocycles. The van der Waals surface area contributed by atoms with Crippen LogP contribution in [-0.2, 0) is 0 Å². The summed E-state index contributed by atoms with van der Waals surface area (Å²) in [5.74, 6) is 0. The Hall–Kier alpha value is -0.610. The van der Waals surface area contributed by atoms with Crippen molar-refractivity contribution in [3.05, 3.63) is 34.9 Å². The van der Waals surface area contributed by atoms with Crippen molar-refractivity contribution in [3.8, 4) is 0 Å². The SMILES string of the molecule is CCC(N)C(c1ccccc1Cl)N(C)C1CCN(C)CC1. The molecule has 21 heavy (non-hydrogen) atoms. The van der Waals surface area contributed by atoms with E-state index in [4.69, 9.17) is 17.3 Å². The predicted octanol–water partition coefficient (Wildman–Crippen LogP) is 3.14. The molecule has 2 rings (SSSR count). The summed E-state index contributed by atoms with van der Waals surface area (Å²) in [5, 5.41) is 0.825. The third-order valence-electron chi connectivity index (χ3n) is 4.80. The molecule has 0 aliphatic carbocycles. The highest BCUT2D eigenvalue weighted by molar-refractivity contribution is 6.31. The van der Waals surface area contributed by atoms with E-state index in [0.717, 1.165) is 30.1 Å². The fourth-order valence-electron chi connectivity index (χ4n) is 3.32. The van der Waals surface area contributed by atoms with E-state index in [9.17, 15) is 0 Å². The molecule has 0 radical (unpaired) electrons. The van der Waals surface area contributed by atoms with Gasteiger partial charge in [-0.2, -0.15) is 0 Å². The monoisotopic (exact) mass is 309 g/mol. The zero-order valence-electron chi connectivity index (χ0n) is 13.4. The first-order valence-electron chi connectivity index (χ1n) is 7.95. The van der Waals surface area contributed by atoms with Crippen LogP contribution in [-0.4, -0.2) is 49.1 Å². The molecule has 0 amide bonds. The van der Waals surface area contributed by atoms with Crippen molar-refractivity contribution in [3.63, 3.8) is 0 Å². The molecule has 4 heteroatoms. The van der Waals surface area contributed by atoms with E-state index in [-0.39, 0.29) is 12.1 Å². The summed E-state index contributed by atoms with van der Waals surface area (Å²) in [7, 11) is 4.40. The van der Waals surface area contributed by atoms with Gasteiger partial charge in [0.1, 0.15) is 0 Å². The van der Waals surface area contributed by atoms with Crippen molar-refractivity contribution in [2.45, 2.75) is 44.3 Å². The summed E-state index contributed by atoms with van der Waals surface area (Å²) < 4.78 is 0. The first-order valence-corrected chi connectivity index (χ1v) is 8.32. The van der Waals surface area contributed by atoms with Crippen LogP contribution in [0.15, 0.2) is 24.3 Å². The Labute approximate surface area is 134 Å². The molecule has 0 aromatic heterocycles. The predicted molar refractivity (Wildman–Crippen MR) is 90.7 cm³/mol. The number of likely N-dealkylation sites (tertiary alicyclic amines) is 1. The Morgan fingerprint density at radius 2 is 1.95 bits per heavy atom. The van der Waals surface area contributed by atoms with Gasteiger partial charge in [0.2, 0.25) is 0 Å². The average molecular weight is 310 g/mol. The van der Waals surface area contributed by atoms with Gasteiger partial charge in [-0.25, -0.2) is 0 Å². The van der Waals surface area contributed by atoms with Crippen LogP contribution < -0.4 is 5.73 Å². The molecule has 118 valence electrons. The highest BCUT2D eigenvalue weighted by Gasteiger charge is 2.31. The number of benzene rings is 1. The summed E-state index contributed by atoms with van der Waals surface area (Å²) in [4.78, 5) is 4.86. The standard InChI is InChI=1S/C17H28ClN3/c1-4-16(19)17(14-7-5-6-8-15(14)18)21(3)13-9-11-20(2)12-10-13/h5-8,13,16-17H,4,9-12,19H2,1-3H3. The van der Waals surface area contributed by atoms with Crippen molar-refractivity contribution in [1.29, 1.82) is 0 Å². The lowest BCUT2D eigenvalue weighted by Gasteiger charge is -2.42. The highest BCUT2D eigenvalue weighted by atomic mass is 35.5. The third-order valence-corrected chi connectivity index (χ3v) is 5.15. The molecule has 0 bridgehead atoms. The number of rotatable bonds is 5. The number of hydrogen-bond acceptors (Lipinski definition) is 3. The van der Waals surface area contributed by atoms with Crippen LogP contribution in [0.25, 0.3) is 0 Å². The van der Waals surface area contributed by atoms with Crippen molar-refractivity contribution >= 4 is 11.6 Å². The van der Waals surface area contributed by atoms with E-state index in [1.54, 1.807) is 0 Å². The van der Waals surface area contributed by atoms with Gasteiger partial charge < -0.3 is 10.6 Å². The van der Waals surface area contributed by atoms with E-state index >= 15 is 0 Å². The lowest BCUT2D eigenvalue weighted by molar-refractivity contribution is 0.0935. The maximum absolute atomic E-state index is 6.44. The molecular weight excluding hydrogens is 282 g/mol. The second-order valence-electron chi connectivity index (χ2n) is 6.24. The molecule has 1 fully saturated rings. The quantitative estimate of drug-likeness (QED) is 0.907. The smallest absolute Gasteiger partial charge is 0.0513 e. The van der Waals surface area contributed by atoms with Gasteiger partial charge in [0.15, 0.2) is 0 Å². The van der Waals surface area contributed by atoms with E-state index in [1.165, 1.54) is 12.8 Å². The van der Waals surface area contributed by atoms with Gasteiger partial charge in [-0.05, 0) is 58.1 Å². The molecule has 2 atom stereocenters. The van der Waals surface area contributed by atoms with Gasteiger partial charge in [0.25, 0.3) is 0 Å². The minimum absolute atomic E-state index is 0.106. The van der Waals surface area contributed by atoms with E-state index in [1.807, 2.05) is 12.1 Å². The van der Waals surface area contributed by atoms with Crippen LogP contribution in [0.3, 0.4) is 0 Å². The minimum Gasteiger partial charge on any atom is -0.326 e. The Bertz CT molecular complexity index is 443. The number of piperidine rings is 1. The van der Waals surface area contributed by atoms with Gasteiger partial charge in [0, 0.05) is 17.1 Å². The molecule has 1 aliphatic rings. The Balaban J connectivity index is 2.22. The molecule has 1 aliphatic heterocycles. The largest absolute Gasteiger partial charge is 0.326 e. The summed E-state index contributed by atoms with van der Waals surface area (Å²) >= 11 is 6.44. The summed E-state index contributed by atoms with van der Waals surface area (Å²) in [6.07, 6.45) is 3.35. The maximum Gasteiger partial charge on any atom is 0.0513 e. The number of halogens is 1. The Morgan fingerprint density at radius 3 is 2.52 bits per heavy atom. The average Bonchev–Trinajstić information content (AvgIpc) is 2.49. The maximum atomic E-state index is 6.44. The molecule has 1 aromatic carbocycles. The van der Waals surface area contributed by atoms with E-state index in [0.29, 0.717) is 6.04 Å². The number of nitrogens with two attached hydrogens (primary N) is 1. The van der Waals surface area contributed by atoms with Gasteiger partial charge in [-0.3, -0.25) is 4.90 Å². The molecule has 1 aromatic rings. The van der Waals surface area contributed by atoms with Crippen molar-refractivity contribution in [1.82, 2.24) is 9.80 Å². The fraction of sp³-hybridized carbons (Fsp3) is 0.647. The molecule has 3 nitrogen and oxygen atoms in total. The van der Waals surface area contributed by atoms with Crippen molar-refractivity contribution in [2.75, 3.05) is 27.2 Å². The number of hydrogen-bond donors (Lipinski definition) is 1. The highest BCUT2D eigenvalue weighted by Crippen LogP contribution is 2.33. The van der Waals surface area contributed by atoms with Crippen LogP contribution in [0, 0.1) is 0 Å². The fourth-order valence-corrected chi connectivity index (χ4v) is 3.57. The Kier molecular flexibility index (Phi) is 6.06. The summed E-state index contributed by atoms with van der Waals surface area (Å²) in [5.41, 5.74) is 7.60. The lowest BCUT2D eigenvalue weighted by atomic mass is 9.93. The third kappa shape index (κ3) is 3.98. The first-order chi connectivity index (χ1) is 10.0. The van der Waals surface area contributed by atoms with Crippen LogP contribution in [0.4, 0.5) is 0 Å². The van der Waals surface area contributed by atoms with Gasteiger partial charge in [0.05, 0.1) is 6.04 Å². The molecule has 2 unspecified atom stereocenters. The molecule has 0 spiro atoms. The Morgan fingerprint density at radius 1 is 1.33 bits per heavy atom. The second-order valence-corrected chi connectivity index (χ2v) is 6.65. The van der Waals surface area contributed by atoms with Crippen LogP contribution in [0.2, 0.25) is 5.02 Å². The van der Waals surface area contributed by atoms with Gasteiger partial charge >= 0.3 is 0 Å². The van der Waals surface area contributed by atoms with Crippen LogP contribution >= 0.6 is 11.6 Å². The van der Waals surface area contributed by atoms with Crippen LogP contribution in [0.5, 0.6) is 0 Å². The zero-order chi connectivity index (χ0) is 15.4. The topological polar surface area (TPSA) is 32.5 Å². The zero-order valence-corrected chi connectivity index (χ0v) is 14.2. The van der Waals surface area contributed by atoms with Crippen LogP contribution in [0.1, 0.15) is 37.8 Å². The van der Waals surface area contributed by atoms with E-state index in [2.05, 4.69) is 43.0 Å². The van der Waals surface area contributed by atoms with Crippen molar-refractivity contribution < 1.29 is 0 Å². The molecular formula is C17H28ClN3. The minimum atomic E-state index is 0.106. The second kappa shape index (κ2) is 7.59. The van der Waals surface area contributed by atoms with Gasteiger partial charge in [-0.1, -0.05) is 36.7 Å². The van der Waals surface area contributed by atoms with Crippen molar-refractivity contribution in [2.24, 2.45) is 5.73 Å². The van der Waals surface area contributed by atoms with Gasteiger partial charge in [-0.15, -0.1) is 0 Å². The summed E-state index contributed by atoms with van der Waals surface area (Å²) in [6.45, 7) is 4.47. The first kappa shape index (κ1) is 16.8. The van der Waals surface area contributed by atoms with E-state index < -0.39 is 0 Å². The molecule has 1 heterocycles. The number of nitrogens with zero attached hydrogens (tertiary/aromatic N) is 2. The summed E-state index contributed by atoms with van der Waals surface area (Å²) in [6, 6.07) is 9.00. The lowest BCUT2D eigenvalue weighted by Crippen LogP contribution is -2.48. The molecule has 1 saturated heterocycles. The molecule has 2 N–H and O–H groups in total.